The third kappa shape index (κ3) is 5.12. The molecule has 8 heteroatoms. The number of carbonyl (C=O) groups is 2. The fraction of sp³-hybridized carbons (Fsp3) is 0.375. The SMILES string of the molecule is O=C(c1ccc(N2CCS(=O)(=O)CC2)cc1)N1CCC(C(=O)N[C@H]2CCc3ccccc32)(c2ccccc2)CC1. The number of nitrogens with one attached hydrogen (secondary N) is 1. The Balaban J connectivity index is 1.15. The molecule has 0 unspecified atom stereocenters. The van der Waals surface area contributed by atoms with Gasteiger partial charge in [-0.2, -0.15) is 0 Å². The summed E-state index contributed by atoms with van der Waals surface area (Å²) in [5, 5.41) is 3.38. The molecule has 208 valence electrons. The normalized spacial score (nSPS) is 21.4. The Morgan fingerprint density at radius 2 is 1.45 bits per heavy atom. The van der Waals surface area contributed by atoms with Crippen LogP contribution in [0.25, 0.3) is 0 Å². The van der Waals surface area contributed by atoms with Crippen LogP contribution in [0.5, 0.6) is 0 Å². The fourth-order valence-corrected chi connectivity index (χ4v) is 7.67. The smallest absolute Gasteiger partial charge is 0.253 e. The highest BCUT2D eigenvalue weighted by atomic mass is 32.2. The van der Waals surface area contributed by atoms with Gasteiger partial charge in [-0.25, -0.2) is 8.42 Å². The van der Waals surface area contributed by atoms with Gasteiger partial charge in [0.15, 0.2) is 9.84 Å². The highest BCUT2D eigenvalue weighted by molar-refractivity contribution is 7.91. The average Bonchev–Trinajstić information content (AvgIpc) is 3.40. The van der Waals surface area contributed by atoms with E-state index in [0.717, 1.165) is 24.1 Å². The first-order chi connectivity index (χ1) is 19.3. The number of hydrogen-bond acceptors (Lipinski definition) is 5. The molecule has 2 fully saturated rings. The van der Waals surface area contributed by atoms with Gasteiger partial charge in [-0.3, -0.25) is 9.59 Å². The van der Waals surface area contributed by atoms with Crippen molar-refractivity contribution in [2.45, 2.75) is 37.1 Å². The maximum absolute atomic E-state index is 14.0. The summed E-state index contributed by atoms with van der Waals surface area (Å²) in [6.45, 7) is 1.93. The molecule has 0 saturated carbocycles. The fourth-order valence-electron chi connectivity index (χ4n) is 6.47. The number of rotatable bonds is 5. The van der Waals surface area contributed by atoms with E-state index in [9.17, 15) is 18.0 Å². The summed E-state index contributed by atoms with van der Waals surface area (Å²) < 4.78 is 23.5. The van der Waals surface area contributed by atoms with Crippen molar-refractivity contribution in [2.24, 2.45) is 0 Å². The Hall–Kier alpha value is -3.65. The lowest BCUT2D eigenvalue weighted by Crippen LogP contribution is -2.53. The van der Waals surface area contributed by atoms with E-state index in [1.54, 1.807) is 0 Å². The van der Waals surface area contributed by atoms with Crippen molar-refractivity contribution in [3.8, 4) is 0 Å². The topological polar surface area (TPSA) is 86.8 Å². The number of amides is 2. The highest BCUT2D eigenvalue weighted by Gasteiger charge is 2.44. The molecule has 3 aliphatic rings. The van der Waals surface area contributed by atoms with Crippen LogP contribution in [0.3, 0.4) is 0 Å². The molecule has 7 nitrogen and oxygen atoms in total. The first-order valence-corrected chi connectivity index (χ1v) is 16.0. The molecule has 0 spiro atoms. The van der Waals surface area contributed by atoms with Crippen molar-refractivity contribution in [3.63, 3.8) is 0 Å². The lowest BCUT2D eigenvalue weighted by Gasteiger charge is -2.41. The van der Waals surface area contributed by atoms with Gasteiger partial charge in [0, 0.05) is 37.4 Å². The zero-order valence-electron chi connectivity index (χ0n) is 22.6. The minimum absolute atomic E-state index is 0.0162. The van der Waals surface area contributed by atoms with Crippen LogP contribution in [0.2, 0.25) is 0 Å². The van der Waals surface area contributed by atoms with E-state index < -0.39 is 15.3 Å². The molecule has 0 radical (unpaired) electrons. The van der Waals surface area contributed by atoms with E-state index in [2.05, 4.69) is 23.5 Å². The number of piperidine rings is 1. The maximum Gasteiger partial charge on any atom is 0.253 e. The van der Waals surface area contributed by atoms with Crippen molar-refractivity contribution in [2.75, 3.05) is 42.6 Å². The molecule has 3 aromatic rings. The number of fused-ring (bicyclic) bond motifs is 1. The Morgan fingerprint density at radius 3 is 2.15 bits per heavy atom. The summed E-state index contributed by atoms with van der Waals surface area (Å²) in [6, 6.07) is 25.8. The van der Waals surface area contributed by atoms with Crippen LogP contribution in [-0.2, 0) is 26.5 Å². The number of nitrogens with zero attached hydrogens (tertiary/aromatic N) is 2. The molecular formula is C32H35N3O4S. The van der Waals surface area contributed by atoms with Gasteiger partial charge in [0.1, 0.15) is 0 Å². The van der Waals surface area contributed by atoms with E-state index in [4.69, 9.17) is 0 Å². The van der Waals surface area contributed by atoms with E-state index in [0.29, 0.717) is 44.6 Å². The predicted molar refractivity (Wildman–Crippen MR) is 156 cm³/mol. The van der Waals surface area contributed by atoms with Crippen molar-refractivity contribution >= 4 is 27.3 Å². The second kappa shape index (κ2) is 10.7. The largest absolute Gasteiger partial charge is 0.369 e. The van der Waals surface area contributed by atoms with Gasteiger partial charge in [0.2, 0.25) is 5.91 Å². The van der Waals surface area contributed by atoms with Crippen LogP contribution in [0.15, 0.2) is 78.9 Å². The van der Waals surface area contributed by atoms with Crippen LogP contribution in [0.4, 0.5) is 5.69 Å². The molecule has 1 N–H and O–H groups in total. The zero-order valence-corrected chi connectivity index (χ0v) is 23.4. The predicted octanol–water partition coefficient (Wildman–Crippen LogP) is 3.90. The number of sulfone groups is 1. The second-order valence-corrected chi connectivity index (χ2v) is 13.5. The summed E-state index contributed by atoms with van der Waals surface area (Å²) in [7, 11) is -2.95. The summed E-state index contributed by atoms with van der Waals surface area (Å²) >= 11 is 0. The van der Waals surface area contributed by atoms with Crippen molar-refractivity contribution in [1.82, 2.24) is 10.2 Å². The van der Waals surface area contributed by atoms with Crippen LogP contribution in [0.1, 0.15) is 52.4 Å². The summed E-state index contributed by atoms with van der Waals surface area (Å²) in [4.78, 5) is 31.3. The van der Waals surface area contributed by atoms with Crippen LogP contribution < -0.4 is 10.2 Å². The number of carbonyl (C=O) groups excluding carboxylic acids is 2. The van der Waals surface area contributed by atoms with Crippen LogP contribution >= 0.6 is 0 Å². The average molecular weight is 558 g/mol. The molecule has 6 rings (SSSR count). The number of aryl methyl sites for hydroxylation is 1. The van der Waals surface area contributed by atoms with Gasteiger partial charge in [-0.05, 0) is 66.6 Å². The van der Waals surface area contributed by atoms with Gasteiger partial charge in [0.05, 0.1) is 23.0 Å². The summed E-state index contributed by atoms with van der Waals surface area (Å²) in [6.07, 6.45) is 2.99. The molecule has 0 aromatic heterocycles. The molecule has 2 saturated heterocycles. The Labute approximate surface area is 236 Å². The standard InChI is InChI=1S/C32H35N3O4S/c36-30(25-10-13-27(14-11-25)34-20-22-40(38,39)23-21-34)35-18-16-32(17-19-35,26-7-2-1-3-8-26)31(37)33-29-15-12-24-6-4-5-9-28(24)29/h1-11,13-14,29H,12,15-23H2,(H,33,37)/t29-/m0/s1. The van der Waals surface area contributed by atoms with Gasteiger partial charge in [-0.1, -0.05) is 54.6 Å². The van der Waals surface area contributed by atoms with Gasteiger partial charge in [-0.15, -0.1) is 0 Å². The quantitative estimate of drug-likeness (QED) is 0.514. The first-order valence-electron chi connectivity index (χ1n) is 14.1. The lowest BCUT2D eigenvalue weighted by molar-refractivity contribution is -0.129. The molecule has 2 heterocycles. The van der Waals surface area contributed by atoms with Crippen LogP contribution in [0, 0.1) is 0 Å². The van der Waals surface area contributed by atoms with E-state index in [1.165, 1.54) is 11.1 Å². The molecule has 2 amide bonds. The first kappa shape index (κ1) is 26.6. The van der Waals surface area contributed by atoms with Crippen molar-refractivity contribution in [1.29, 1.82) is 0 Å². The Kier molecular flexibility index (Phi) is 7.13. The van der Waals surface area contributed by atoms with E-state index in [1.807, 2.05) is 70.5 Å². The molecular weight excluding hydrogens is 522 g/mol. The molecule has 40 heavy (non-hydrogen) atoms. The van der Waals surface area contributed by atoms with Gasteiger partial charge >= 0.3 is 0 Å². The third-order valence-corrected chi connectivity index (χ3v) is 10.5. The summed E-state index contributed by atoms with van der Waals surface area (Å²) in [5.41, 5.74) is 4.36. The van der Waals surface area contributed by atoms with E-state index >= 15 is 0 Å². The minimum Gasteiger partial charge on any atom is -0.369 e. The molecule has 2 aliphatic heterocycles. The molecule has 3 aromatic carbocycles. The van der Waals surface area contributed by atoms with E-state index in [-0.39, 0.29) is 29.4 Å². The van der Waals surface area contributed by atoms with Crippen molar-refractivity contribution in [3.05, 3.63) is 101 Å². The number of benzene rings is 3. The highest BCUT2D eigenvalue weighted by Crippen LogP contribution is 2.39. The van der Waals surface area contributed by atoms with Crippen molar-refractivity contribution < 1.29 is 18.0 Å². The zero-order chi connectivity index (χ0) is 27.7. The number of hydrogen-bond donors (Lipinski definition) is 1. The number of likely N-dealkylation sites (tertiary alicyclic amines) is 1. The third-order valence-electron chi connectivity index (χ3n) is 8.93. The maximum atomic E-state index is 14.0. The number of anilines is 1. The molecule has 0 bridgehead atoms. The van der Waals surface area contributed by atoms with Crippen LogP contribution in [-0.4, -0.2) is 62.8 Å². The molecule has 1 atom stereocenters. The second-order valence-electron chi connectivity index (χ2n) is 11.2. The Bertz CT molecular complexity index is 1480. The van der Waals surface area contributed by atoms with Gasteiger partial charge < -0.3 is 15.1 Å². The van der Waals surface area contributed by atoms with Gasteiger partial charge in [0.25, 0.3) is 5.91 Å². The molecule has 1 aliphatic carbocycles. The minimum atomic E-state index is -2.95. The summed E-state index contributed by atoms with van der Waals surface area (Å²) in [5.74, 6) is 0.316. The lowest BCUT2D eigenvalue weighted by atomic mass is 9.71. The Morgan fingerprint density at radius 1 is 0.800 bits per heavy atom. The monoisotopic (exact) mass is 557 g/mol.